The van der Waals surface area contributed by atoms with Crippen LogP contribution in [0.25, 0.3) is 0 Å². The Bertz CT molecular complexity index is 1940. The molecule has 0 unspecified atom stereocenters. The van der Waals surface area contributed by atoms with Gasteiger partial charge in [0.15, 0.2) is 12.4 Å². The third kappa shape index (κ3) is 11.2. The Balaban J connectivity index is 0.827. The zero-order valence-corrected chi connectivity index (χ0v) is 36.9. The van der Waals surface area contributed by atoms with E-state index in [1.54, 1.807) is 17.4 Å². The molecule has 3 aromatic rings. The number of thiazole rings is 1. The second-order valence-corrected chi connectivity index (χ2v) is 18.5. The summed E-state index contributed by atoms with van der Waals surface area (Å²) in [6.45, 7) is 9.97. The fourth-order valence-corrected chi connectivity index (χ4v) is 10.2. The molecule has 1 spiro atoms. The number of aromatic nitrogens is 1. The van der Waals surface area contributed by atoms with Gasteiger partial charge < -0.3 is 34.4 Å². The summed E-state index contributed by atoms with van der Waals surface area (Å²) in [6, 6.07) is 9.98. The normalized spacial score (nSPS) is 18.3. The van der Waals surface area contributed by atoms with Crippen LogP contribution >= 0.6 is 22.9 Å². The van der Waals surface area contributed by atoms with E-state index in [-0.39, 0.29) is 35.7 Å². The van der Waals surface area contributed by atoms with E-state index in [2.05, 4.69) is 52.1 Å². The Kier molecular flexibility index (Phi) is 15.4. The number of aryl methyl sites for hydroxylation is 1. The molecule has 3 fully saturated rings. The van der Waals surface area contributed by atoms with Gasteiger partial charge in [0, 0.05) is 55.1 Å². The van der Waals surface area contributed by atoms with Gasteiger partial charge in [-0.3, -0.25) is 19.3 Å². The molecule has 4 heterocycles. The number of unbranched alkanes of at least 4 members (excludes halogenated alkanes) is 2. The van der Waals surface area contributed by atoms with Crippen molar-refractivity contribution in [3.8, 4) is 11.5 Å². The molecule has 2 aromatic carbocycles. The van der Waals surface area contributed by atoms with Crippen molar-refractivity contribution in [2.75, 3.05) is 64.5 Å². The van der Waals surface area contributed by atoms with E-state index < -0.39 is 0 Å². The Labute approximate surface area is 363 Å². The molecule has 1 aromatic heterocycles. The molecule has 326 valence electrons. The summed E-state index contributed by atoms with van der Waals surface area (Å²) in [6.07, 6.45) is 12.0. The van der Waals surface area contributed by atoms with Gasteiger partial charge in [0.2, 0.25) is 5.91 Å². The number of benzene rings is 2. The number of halogens is 1. The highest BCUT2D eigenvalue weighted by atomic mass is 35.5. The van der Waals surface area contributed by atoms with Crippen molar-refractivity contribution in [3.63, 3.8) is 0 Å². The Morgan fingerprint density at radius 2 is 1.83 bits per heavy atom. The zero-order chi connectivity index (χ0) is 42.1. The predicted octanol–water partition coefficient (Wildman–Crippen LogP) is 7.99. The summed E-state index contributed by atoms with van der Waals surface area (Å²) < 4.78 is 18.1. The van der Waals surface area contributed by atoms with Crippen LogP contribution in [0.5, 0.6) is 11.5 Å². The summed E-state index contributed by atoms with van der Waals surface area (Å²) in [5.74, 6) is 0.775. The van der Waals surface area contributed by atoms with Crippen LogP contribution in [0.3, 0.4) is 0 Å². The summed E-state index contributed by atoms with van der Waals surface area (Å²) in [4.78, 5) is 49.8. The maximum atomic E-state index is 13.6. The number of rotatable bonds is 17. The summed E-state index contributed by atoms with van der Waals surface area (Å²) in [5, 5.41) is 16.6. The highest BCUT2D eigenvalue weighted by molar-refractivity contribution is 7.09. The van der Waals surface area contributed by atoms with Gasteiger partial charge in [-0.05, 0) is 74.1 Å². The number of aromatic hydroxyl groups is 1. The first-order valence-corrected chi connectivity index (χ1v) is 23.4. The fraction of sp³-hybridized carbons (Fsp3) is 0.609. The number of morpholine rings is 1. The number of ether oxygens (including phenoxy) is 3. The number of piperidine rings is 1. The van der Waals surface area contributed by atoms with Gasteiger partial charge in [-0.2, -0.15) is 0 Å². The first-order valence-electron chi connectivity index (χ1n) is 22.1. The van der Waals surface area contributed by atoms with Crippen LogP contribution in [0.15, 0.2) is 35.7 Å². The Morgan fingerprint density at radius 1 is 1.03 bits per heavy atom. The van der Waals surface area contributed by atoms with Crippen molar-refractivity contribution in [2.24, 2.45) is 0 Å². The molecular weight excluding hydrogens is 802 g/mol. The van der Waals surface area contributed by atoms with Crippen LogP contribution in [0, 0.1) is 0 Å². The fourth-order valence-electron chi connectivity index (χ4n) is 9.12. The number of hydrogen-bond donors (Lipinski definition) is 2. The monoisotopic (exact) mass is 863 g/mol. The van der Waals surface area contributed by atoms with Crippen molar-refractivity contribution >= 4 is 46.3 Å². The molecule has 2 N–H and O–H groups in total. The Morgan fingerprint density at radius 3 is 2.62 bits per heavy atom. The number of amides is 3. The lowest BCUT2D eigenvalue weighted by Crippen LogP contribution is -2.58. The largest absolute Gasteiger partial charge is 0.506 e. The second kappa shape index (κ2) is 20.9. The molecule has 4 aliphatic rings. The molecule has 1 saturated carbocycles. The second-order valence-electron chi connectivity index (χ2n) is 17.2. The van der Waals surface area contributed by atoms with Crippen LogP contribution in [-0.2, 0) is 38.4 Å². The lowest BCUT2D eigenvalue weighted by atomic mass is 9.89. The van der Waals surface area contributed by atoms with E-state index in [4.69, 9.17) is 25.8 Å². The third-order valence-corrected chi connectivity index (χ3v) is 14.2. The number of carbonyl (C=O) groups excluding carboxylic acids is 3. The van der Waals surface area contributed by atoms with E-state index in [1.807, 2.05) is 16.3 Å². The summed E-state index contributed by atoms with van der Waals surface area (Å²) in [5.41, 5.74) is 3.69. The molecule has 0 radical (unpaired) electrons. The summed E-state index contributed by atoms with van der Waals surface area (Å²) >= 11 is 8.55. The van der Waals surface area contributed by atoms with E-state index in [0.29, 0.717) is 74.8 Å². The maximum Gasteiger partial charge on any atom is 0.273 e. The minimum atomic E-state index is -0.326. The Hall–Kier alpha value is -3.75. The van der Waals surface area contributed by atoms with Gasteiger partial charge in [0.25, 0.3) is 11.8 Å². The van der Waals surface area contributed by atoms with Crippen molar-refractivity contribution < 1.29 is 33.7 Å². The van der Waals surface area contributed by atoms with Crippen molar-refractivity contribution in [1.82, 2.24) is 19.7 Å². The van der Waals surface area contributed by atoms with Crippen LogP contribution in [0.4, 0.5) is 5.69 Å². The number of nitrogens with zero attached hydrogens (tertiary/aromatic N) is 4. The molecule has 12 nitrogen and oxygen atoms in total. The maximum absolute atomic E-state index is 13.6. The zero-order valence-electron chi connectivity index (χ0n) is 35.4. The van der Waals surface area contributed by atoms with Gasteiger partial charge in [-0.15, -0.1) is 11.3 Å². The number of carbonyl (C=O) groups is 3. The van der Waals surface area contributed by atoms with E-state index >= 15 is 0 Å². The molecule has 2 saturated heterocycles. The van der Waals surface area contributed by atoms with Gasteiger partial charge in [0.05, 0.1) is 43.4 Å². The van der Waals surface area contributed by atoms with Gasteiger partial charge >= 0.3 is 0 Å². The van der Waals surface area contributed by atoms with Gasteiger partial charge in [0.1, 0.15) is 17.1 Å². The first kappa shape index (κ1) is 44.3. The molecule has 0 bridgehead atoms. The number of nitrogens with one attached hydrogen (secondary N) is 1. The van der Waals surface area contributed by atoms with Crippen LogP contribution < -0.4 is 10.1 Å². The number of fused-ring (bicyclic) bond motifs is 1. The first-order chi connectivity index (χ1) is 29.1. The molecule has 0 atom stereocenters. The standard InChI is InChI=1S/C46H62ClN5O7S/c1-32(2)44-48-37(30-60-44)45(56)51-24-27-59-46(31-51)19-22-50(23-20-46)28-35-12-9-11-33(41(35)47)17-25-57-26-18-40(55)52(36-13-6-3-7-14-36)21-8-4-5-10-34-15-16-38(53)42-43(34)58-29-39(54)49-42/h9,11-12,15-16,30,32,36,53H,3-8,10,13-14,17-29,31H2,1-2H3,(H,49,54). The highest BCUT2D eigenvalue weighted by Gasteiger charge is 2.41. The number of anilines is 1. The molecule has 3 amide bonds. The van der Waals surface area contributed by atoms with Gasteiger partial charge in [-0.1, -0.05) is 75.4 Å². The molecule has 60 heavy (non-hydrogen) atoms. The smallest absolute Gasteiger partial charge is 0.273 e. The lowest BCUT2D eigenvalue weighted by Gasteiger charge is -2.47. The molecule has 14 heteroatoms. The quantitative estimate of drug-likeness (QED) is 0.102. The number of likely N-dealkylation sites (tertiary alicyclic amines) is 1. The van der Waals surface area contributed by atoms with Crippen LogP contribution in [0.1, 0.15) is 123 Å². The predicted molar refractivity (Wildman–Crippen MR) is 234 cm³/mol. The number of phenolic OH excluding ortho intramolecular Hbond substituents is 1. The topological polar surface area (TPSA) is 134 Å². The lowest BCUT2D eigenvalue weighted by molar-refractivity contribution is -0.135. The third-order valence-electron chi connectivity index (χ3n) is 12.6. The minimum absolute atomic E-state index is 0.00411. The van der Waals surface area contributed by atoms with Crippen molar-refractivity contribution in [2.45, 2.75) is 121 Å². The highest BCUT2D eigenvalue weighted by Crippen LogP contribution is 2.40. The van der Waals surface area contributed by atoms with E-state index in [0.717, 1.165) is 117 Å². The molecular formula is C46H62ClN5O7S. The SMILES string of the molecule is CC(C)c1nc(C(=O)N2CCOC3(CCN(Cc4cccc(CCOCCC(=O)N(CCCCCc5ccc(O)c6c5OCC(=O)N6)C5CCCCC5)c4Cl)CC3)C2)cs1. The molecule has 3 aliphatic heterocycles. The van der Waals surface area contributed by atoms with E-state index in [1.165, 1.54) is 6.42 Å². The van der Waals surface area contributed by atoms with Gasteiger partial charge in [-0.25, -0.2) is 4.98 Å². The average molecular weight is 865 g/mol. The van der Waals surface area contributed by atoms with Crippen molar-refractivity contribution in [3.05, 3.63) is 68.1 Å². The van der Waals surface area contributed by atoms with Crippen LogP contribution in [-0.4, -0.2) is 113 Å². The summed E-state index contributed by atoms with van der Waals surface area (Å²) in [7, 11) is 0. The van der Waals surface area contributed by atoms with Crippen molar-refractivity contribution in [1.29, 1.82) is 0 Å². The molecule has 1 aliphatic carbocycles. The van der Waals surface area contributed by atoms with Crippen LogP contribution in [0.2, 0.25) is 5.02 Å². The number of phenols is 1. The number of hydrogen-bond acceptors (Lipinski definition) is 10. The van der Waals surface area contributed by atoms with E-state index in [9.17, 15) is 19.5 Å². The molecule has 7 rings (SSSR count). The minimum Gasteiger partial charge on any atom is -0.506 e. The average Bonchev–Trinajstić information content (AvgIpc) is 3.76.